The summed E-state index contributed by atoms with van der Waals surface area (Å²) in [6, 6.07) is 0.770. The number of hydrogen-bond donors (Lipinski definition) is 1. The van der Waals surface area contributed by atoms with Crippen molar-refractivity contribution >= 4 is 11.8 Å². The average Bonchev–Trinajstić information content (AvgIpc) is 2.88. The van der Waals surface area contributed by atoms with Gasteiger partial charge in [-0.2, -0.15) is 0 Å². The van der Waals surface area contributed by atoms with Gasteiger partial charge in [0.2, 0.25) is 0 Å². The third-order valence-electron chi connectivity index (χ3n) is 3.77. The molecule has 1 aliphatic heterocycles. The van der Waals surface area contributed by atoms with Gasteiger partial charge in [0.15, 0.2) is 5.16 Å². The van der Waals surface area contributed by atoms with E-state index < -0.39 is 0 Å². The summed E-state index contributed by atoms with van der Waals surface area (Å²) in [7, 11) is 2.23. The number of nitrogens with zero attached hydrogens (tertiary/aromatic N) is 3. The fourth-order valence-electron chi connectivity index (χ4n) is 2.55. The summed E-state index contributed by atoms with van der Waals surface area (Å²) in [6.07, 6.45) is 8.99. The highest BCUT2D eigenvalue weighted by Gasteiger charge is 2.19. The fourth-order valence-corrected chi connectivity index (χ4v) is 3.19. The standard InChI is InChI=1S/C15H26N4S/c1-3-9-20-15-17-11-13(12-18-15)10-16-7-6-14-5-4-8-19(14)2/h11-12,14,16H,3-10H2,1-2H3. The Balaban J connectivity index is 1.63. The molecule has 1 saturated heterocycles. The average molecular weight is 294 g/mol. The molecular weight excluding hydrogens is 268 g/mol. The van der Waals surface area contributed by atoms with E-state index in [4.69, 9.17) is 0 Å². The minimum atomic E-state index is 0.770. The first-order chi connectivity index (χ1) is 9.79. The third kappa shape index (κ3) is 5.04. The van der Waals surface area contributed by atoms with Crippen LogP contribution in [0.1, 0.15) is 38.2 Å². The van der Waals surface area contributed by atoms with Crippen molar-refractivity contribution in [3.05, 3.63) is 18.0 Å². The van der Waals surface area contributed by atoms with Crippen LogP contribution in [0.5, 0.6) is 0 Å². The molecule has 1 aromatic heterocycles. The molecule has 0 spiro atoms. The summed E-state index contributed by atoms with van der Waals surface area (Å²) in [4.78, 5) is 11.3. The highest BCUT2D eigenvalue weighted by atomic mass is 32.2. The van der Waals surface area contributed by atoms with Crippen LogP contribution in [0.25, 0.3) is 0 Å². The lowest BCUT2D eigenvalue weighted by molar-refractivity contribution is 0.293. The van der Waals surface area contributed by atoms with Gasteiger partial charge in [-0.25, -0.2) is 9.97 Å². The maximum atomic E-state index is 4.39. The molecule has 1 aromatic rings. The quantitative estimate of drug-likeness (QED) is 0.453. The van der Waals surface area contributed by atoms with Gasteiger partial charge in [-0.1, -0.05) is 18.7 Å². The first kappa shape index (κ1) is 15.7. The van der Waals surface area contributed by atoms with Crippen LogP contribution in [0.4, 0.5) is 0 Å². The molecule has 1 unspecified atom stereocenters. The zero-order valence-corrected chi connectivity index (χ0v) is 13.5. The zero-order valence-electron chi connectivity index (χ0n) is 12.6. The summed E-state index contributed by atoms with van der Waals surface area (Å²) < 4.78 is 0. The van der Waals surface area contributed by atoms with Crippen molar-refractivity contribution in [3.8, 4) is 0 Å². The van der Waals surface area contributed by atoms with Crippen molar-refractivity contribution in [2.45, 2.75) is 50.4 Å². The predicted octanol–water partition coefficient (Wildman–Crippen LogP) is 2.55. The number of rotatable bonds is 8. The Morgan fingerprint density at radius 1 is 1.40 bits per heavy atom. The van der Waals surface area contributed by atoms with E-state index in [0.29, 0.717) is 0 Å². The summed E-state index contributed by atoms with van der Waals surface area (Å²) in [5.41, 5.74) is 1.17. The Morgan fingerprint density at radius 3 is 2.85 bits per heavy atom. The molecule has 0 amide bonds. The lowest BCUT2D eigenvalue weighted by atomic mass is 10.1. The van der Waals surface area contributed by atoms with Crippen LogP contribution in [0.2, 0.25) is 0 Å². The Hall–Kier alpha value is -0.650. The van der Waals surface area contributed by atoms with Crippen LogP contribution < -0.4 is 5.32 Å². The van der Waals surface area contributed by atoms with Gasteiger partial charge in [0.1, 0.15) is 0 Å². The molecule has 1 N–H and O–H groups in total. The lowest BCUT2D eigenvalue weighted by Crippen LogP contribution is -2.29. The molecular formula is C15H26N4S. The Bertz CT molecular complexity index is 382. The Kier molecular flexibility index (Phi) is 6.76. The van der Waals surface area contributed by atoms with Crippen molar-refractivity contribution in [3.63, 3.8) is 0 Å². The van der Waals surface area contributed by atoms with Crippen LogP contribution in [-0.2, 0) is 6.54 Å². The van der Waals surface area contributed by atoms with Crippen molar-refractivity contribution in [1.29, 1.82) is 0 Å². The number of nitrogens with one attached hydrogen (secondary N) is 1. The van der Waals surface area contributed by atoms with E-state index in [9.17, 15) is 0 Å². The van der Waals surface area contributed by atoms with Gasteiger partial charge in [-0.15, -0.1) is 0 Å². The molecule has 1 aliphatic rings. The topological polar surface area (TPSA) is 41.1 Å². The molecule has 0 saturated carbocycles. The molecule has 0 aliphatic carbocycles. The van der Waals surface area contributed by atoms with E-state index in [1.807, 2.05) is 12.4 Å². The molecule has 0 bridgehead atoms. The van der Waals surface area contributed by atoms with Crippen LogP contribution in [0.3, 0.4) is 0 Å². The van der Waals surface area contributed by atoms with Gasteiger partial charge >= 0.3 is 0 Å². The molecule has 5 heteroatoms. The molecule has 0 aromatic carbocycles. The SMILES string of the molecule is CCCSc1ncc(CNCCC2CCCN2C)cn1. The predicted molar refractivity (Wildman–Crippen MR) is 85.0 cm³/mol. The Morgan fingerprint density at radius 2 is 2.20 bits per heavy atom. The summed E-state index contributed by atoms with van der Waals surface area (Å²) in [6.45, 7) is 5.37. The van der Waals surface area contributed by atoms with Gasteiger partial charge in [0.25, 0.3) is 0 Å². The van der Waals surface area contributed by atoms with Gasteiger partial charge in [0, 0.05) is 36.3 Å². The molecule has 2 heterocycles. The zero-order chi connectivity index (χ0) is 14.2. The number of hydrogen-bond acceptors (Lipinski definition) is 5. The van der Waals surface area contributed by atoms with Crippen molar-refractivity contribution < 1.29 is 0 Å². The highest BCUT2D eigenvalue weighted by molar-refractivity contribution is 7.99. The minimum absolute atomic E-state index is 0.770. The van der Waals surface area contributed by atoms with Crippen LogP contribution >= 0.6 is 11.8 Å². The molecule has 112 valence electrons. The highest BCUT2D eigenvalue weighted by Crippen LogP contribution is 2.17. The smallest absolute Gasteiger partial charge is 0.187 e. The van der Waals surface area contributed by atoms with Crippen molar-refractivity contribution in [1.82, 2.24) is 20.2 Å². The second-order valence-corrected chi connectivity index (χ2v) is 6.53. The van der Waals surface area contributed by atoms with E-state index in [2.05, 4.69) is 34.2 Å². The maximum absolute atomic E-state index is 4.39. The summed E-state index contributed by atoms with van der Waals surface area (Å²) >= 11 is 1.73. The van der Waals surface area contributed by atoms with E-state index in [0.717, 1.165) is 36.5 Å². The lowest BCUT2D eigenvalue weighted by Gasteiger charge is -2.19. The second-order valence-electron chi connectivity index (χ2n) is 5.46. The van der Waals surface area contributed by atoms with E-state index >= 15 is 0 Å². The van der Waals surface area contributed by atoms with Crippen molar-refractivity contribution in [2.24, 2.45) is 0 Å². The molecule has 1 fully saturated rings. The first-order valence-electron chi connectivity index (χ1n) is 7.64. The molecule has 0 radical (unpaired) electrons. The monoisotopic (exact) mass is 294 g/mol. The summed E-state index contributed by atoms with van der Waals surface area (Å²) in [5, 5.41) is 4.39. The normalized spacial score (nSPS) is 19.6. The molecule has 2 rings (SSSR count). The van der Waals surface area contributed by atoms with Crippen LogP contribution in [-0.4, -0.2) is 46.8 Å². The van der Waals surface area contributed by atoms with E-state index in [1.165, 1.54) is 31.4 Å². The van der Waals surface area contributed by atoms with Crippen molar-refractivity contribution in [2.75, 3.05) is 25.9 Å². The van der Waals surface area contributed by atoms with Gasteiger partial charge < -0.3 is 10.2 Å². The number of likely N-dealkylation sites (tertiary alicyclic amines) is 1. The maximum Gasteiger partial charge on any atom is 0.187 e. The third-order valence-corrected chi connectivity index (χ3v) is 4.85. The van der Waals surface area contributed by atoms with Crippen LogP contribution in [0, 0.1) is 0 Å². The molecule has 4 nitrogen and oxygen atoms in total. The minimum Gasteiger partial charge on any atom is -0.312 e. The largest absolute Gasteiger partial charge is 0.312 e. The van der Waals surface area contributed by atoms with Gasteiger partial charge in [0.05, 0.1) is 0 Å². The van der Waals surface area contributed by atoms with Crippen LogP contribution in [0.15, 0.2) is 17.6 Å². The first-order valence-corrected chi connectivity index (χ1v) is 8.63. The fraction of sp³-hybridized carbons (Fsp3) is 0.733. The number of thioether (sulfide) groups is 1. The number of aromatic nitrogens is 2. The Labute approximate surface area is 126 Å². The molecule has 1 atom stereocenters. The molecule has 20 heavy (non-hydrogen) atoms. The second kappa shape index (κ2) is 8.60. The van der Waals surface area contributed by atoms with Gasteiger partial charge in [-0.05, 0) is 45.8 Å². The van der Waals surface area contributed by atoms with Gasteiger partial charge in [-0.3, -0.25) is 0 Å². The van der Waals surface area contributed by atoms with E-state index in [1.54, 1.807) is 11.8 Å². The van der Waals surface area contributed by atoms with E-state index in [-0.39, 0.29) is 0 Å². The summed E-state index contributed by atoms with van der Waals surface area (Å²) in [5.74, 6) is 1.09.